The fourth-order valence-corrected chi connectivity index (χ4v) is 1.84. The lowest BCUT2D eigenvalue weighted by Crippen LogP contribution is -2.47. The predicted octanol–water partition coefficient (Wildman–Crippen LogP) is 3.94. The van der Waals surface area contributed by atoms with Gasteiger partial charge in [-0.2, -0.15) is 13.2 Å². The molecule has 0 spiro atoms. The maximum atomic E-state index is 13.1. The van der Waals surface area contributed by atoms with E-state index >= 15 is 0 Å². The summed E-state index contributed by atoms with van der Waals surface area (Å²) in [6.45, 7) is -0.964. The summed E-state index contributed by atoms with van der Waals surface area (Å²) in [4.78, 5) is 0. The maximum absolute atomic E-state index is 13.1. The highest BCUT2D eigenvalue weighted by molar-refractivity contribution is 6.42. The molecule has 0 radical (unpaired) electrons. The molecule has 0 aliphatic rings. The maximum Gasteiger partial charge on any atom is 0.423 e. The van der Waals surface area contributed by atoms with Crippen LogP contribution in [-0.4, -0.2) is 50.6 Å². The third-order valence-corrected chi connectivity index (χ3v) is 3.65. The molecule has 0 amide bonds. The highest BCUT2D eigenvalue weighted by Crippen LogP contribution is 2.33. The first kappa shape index (κ1) is 21.2. The smallest absolute Gasteiger partial charge is 0.382 e. The molecule has 0 aromatic heterocycles. The van der Waals surface area contributed by atoms with Crippen molar-refractivity contribution in [2.45, 2.75) is 11.8 Å². The zero-order chi connectivity index (χ0) is 18.2. The summed E-state index contributed by atoms with van der Waals surface area (Å²) in [5.41, 5.74) is -2.81. The Morgan fingerprint density at radius 1 is 1.12 bits per heavy atom. The number of hydrogen-bond acceptors (Lipinski definition) is 4. The van der Waals surface area contributed by atoms with Crippen LogP contribution in [0.5, 0.6) is 0 Å². The Morgan fingerprint density at radius 2 is 1.83 bits per heavy atom. The molecule has 0 fully saturated rings. The van der Waals surface area contributed by atoms with Crippen LogP contribution in [0, 0.1) is 0 Å². The number of alkyl halides is 3. The SMILES string of the molecule is COCCOCOCC(O)(/C=C/c1ccc(Cl)c(Cl)c1)C(F)(F)F. The van der Waals surface area contributed by atoms with Crippen LogP contribution in [0.1, 0.15) is 5.56 Å². The summed E-state index contributed by atoms with van der Waals surface area (Å²) in [5.74, 6) is 0. The molecule has 0 aliphatic heterocycles. The van der Waals surface area contributed by atoms with Crippen LogP contribution >= 0.6 is 23.2 Å². The van der Waals surface area contributed by atoms with E-state index in [2.05, 4.69) is 0 Å². The van der Waals surface area contributed by atoms with Gasteiger partial charge in [-0.15, -0.1) is 0 Å². The third-order valence-electron chi connectivity index (χ3n) is 2.91. The van der Waals surface area contributed by atoms with Gasteiger partial charge in [0.05, 0.1) is 29.9 Å². The van der Waals surface area contributed by atoms with Gasteiger partial charge in [0.25, 0.3) is 0 Å². The van der Waals surface area contributed by atoms with E-state index in [9.17, 15) is 18.3 Å². The monoisotopic (exact) mass is 388 g/mol. The average Bonchev–Trinajstić information content (AvgIpc) is 2.51. The van der Waals surface area contributed by atoms with E-state index in [4.69, 9.17) is 37.4 Å². The van der Waals surface area contributed by atoms with Crippen molar-refractivity contribution in [3.63, 3.8) is 0 Å². The van der Waals surface area contributed by atoms with Crippen molar-refractivity contribution in [1.82, 2.24) is 0 Å². The van der Waals surface area contributed by atoms with Crippen LogP contribution in [0.2, 0.25) is 10.0 Å². The molecule has 4 nitrogen and oxygen atoms in total. The van der Waals surface area contributed by atoms with Crippen LogP contribution in [0.25, 0.3) is 6.08 Å². The highest BCUT2D eigenvalue weighted by Gasteiger charge is 2.52. The quantitative estimate of drug-likeness (QED) is 0.514. The zero-order valence-electron chi connectivity index (χ0n) is 12.8. The Bertz CT molecular complexity index is 552. The molecule has 1 aromatic carbocycles. The molecule has 1 rings (SSSR count). The molecular weight excluding hydrogens is 372 g/mol. The minimum atomic E-state index is -4.92. The van der Waals surface area contributed by atoms with Gasteiger partial charge in [-0.05, 0) is 23.8 Å². The first-order valence-corrected chi connectivity index (χ1v) is 7.53. The molecule has 9 heteroatoms. The number of ether oxygens (including phenoxy) is 3. The van der Waals surface area contributed by atoms with Crippen molar-refractivity contribution >= 4 is 29.3 Å². The molecule has 0 saturated carbocycles. The van der Waals surface area contributed by atoms with Crippen LogP contribution < -0.4 is 0 Å². The lowest BCUT2D eigenvalue weighted by molar-refractivity contribution is -0.260. The van der Waals surface area contributed by atoms with E-state index in [-0.39, 0.29) is 23.3 Å². The van der Waals surface area contributed by atoms with Crippen molar-refractivity contribution in [1.29, 1.82) is 0 Å². The zero-order valence-corrected chi connectivity index (χ0v) is 14.3. The summed E-state index contributed by atoms with van der Waals surface area (Å²) in [5, 5.41) is 10.3. The average molecular weight is 389 g/mol. The first-order valence-electron chi connectivity index (χ1n) is 6.77. The number of methoxy groups -OCH3 is 1. The largest absolute Gasteiger partial charge is 0.423 e. The molecule has 0 aliphatic carbocycles. The molecule has 0 bridgehead atoms. The normalized spacial score (nSPS) is 15.0. The third kappa shape index (κ3) is 6.58. The Balaban J connectivity index is 2.73. The van der Waals surface area contributed by atoms with Crippen molar-refractivity contribution in [2.75, 3.05) is 33.7 Å². The predicted molar refractivity (Wildman–Crippen MR) is 85.1 cm³/mol. The van der Waals surface area contributed by atoms with Gasteiger partial charge in [0.2, 0.25) is 5.60 Å². The van der Waals surface area contributed by atoms with Crippen molar-refractivity contribution in [3.05, 3.63) is 39.9 Å². The topological polar surface area (TPSA) is 47.9 Å². The molecule has 1 N–H and O–H groups in total. The summed E-state index contributed by atoms with van der Waals surface area (Å²) in [6.07, 6.45) is -3.24. The van der Waals surface area contributed by atoms with Crippen LogP contribution in [0.4, 0.5) is 13.2 Å². The van der Waals surface area contributed by atoms with E-state index in [1.165, 1.54) is 25.3 Å². The summed E-state index contributed by atoms with van der Waals surface area (Å²) in [6, 6.07) is 4.29. The van der Waals surface area contributed by atoms with E-state index in [1.807, 2.05) is 0 Å². The van der Waals surface area contributed by atoms with Gasteiger partial charge in [-0.25, -0.2) is 0 Å². The van der Waals surface area contributed by atoms with Crippen molar-refractivity contribution in [2.24, 2.45) is 0 Å². The number of rotatable bonds is 9. The summed E-state index contributed by atoms with van der Waals surface area (Å²) < 4.78 is 53.6. The fraction of sp³-hybridized carbons (Fsp3) is 0.467. The molecule has 1 aromatic rings. The molecule has 136 valence electrons. The minimum Gasteiger partial charge on any atom is -0.382 e. The van der Waals surface area contributed by atoms with Gasteiger partial charge >= 0.3 is 6.18 Å². The van der Waals surface area contributed by atoms with Gasteiger partial charge in [0.15, 0.2) is 0 Å². The standard InChI is InChI=1S/C15H17Cl2F3O4/c1-22-6-7-23-10-24-9-14(21,15(18,19)20)5-4-11-2-3-12(16)13(17)8-11/h2-5,8,21H,6-7,9-10H2,1H3/b5-4+. The van der Waals surface area contributed by atoms with E-state index in [0.717, 1.165) is 6.08 Å². The van der Waals surface area contributed by atoms with E-state index in [0.29, 0.717) is 11.6 Å². The number of benzene rings is 1. The molecule has 1 atom stereocenters. The van der Waals surface area contributed by atoms with Crippen LogP contribution in [0.3, 0.4) is 0 Å². The van der Waals surface area contributed by atoms with Crippen molar-refractivity contribution < 1.29 is 32.5 Å². The Kier molecular flexibility index (Phi) is 8.49. The Labute approximate surface area is 147 Å². The van der Waals surface area contributed by atoms with Gasteiger partial charge in [-0.3, -0.25) is 0 Å². The molecule has 24 heavy (non-hydrogen) atoms. The number of halogens is 5. The van der Waals surface area contributed by atoms with Crippen LogP contribution in [0.15, 0.2) is 24.3 Å². The first-order chi connectivity index (χ1) is 11.2. The lowest BCUT2D eigenvalue weighted by atomic mass is 10.0. The fourth-order valence-electron chi connectivity index (χ4n) is 1.53. The number of aliphatic hydroxyl groups is 1. The van der Waals surface area contributed by atoms with E-state index in [1.54, 1.807) is 0 Å². The minimum absolute atomic E-state index is 0.167. The Hall–Kier alpha value is -0.830. The van der Waals surface area contributed by atoms with E-state index < -0.39 is 25.2 Å². The molecule has 0 saturated heterocycles. The van der Waals surface area contributed by atoms with Gasteiger partial charge in [0.1, 0.15) is 6.79 Å². The second-order valence-corrected chi connectivity index (χ2v) is 5.61. The second-order valence-electron chi connectivity index (χ2n) is 4.80. The summed E-state index contributed by atoms with van der Waals surface area (Å²) >= 11 is 11.5. The molecule has 1 unspecified atom stereocenters. The molecular formula is C15H17Cl2F3O4. The second kappa shape index (κ2) is 9.60. The Morgan fingerprint density at radius 3 is 2.42 bits per heavy atom. The summed E-state index contributed by atoms with van der Waals surface area (Å²) in [7, 11) is 1.46. The lowest BCUT2D eigenvalue weighted by Gasteiger charge is -2.27. The van der Waals surface area contributed by atoms with Gasteiger partial charge in [0, 0.05) is 7.11 Å². The van der Waals surface area contributed by atoms with Gasteiger partial charge in [-0.1, -0.05) is 35.3 Å². The van der Waals surface area contributed by atoms with Crippen LogP contribution in [-0.2, 0) is 14.2 Å². The van der Waals surface area contributed by atoms with Crippen molar-refractivity contribution in [3.8, 4) is 0 Å². The van der Waals surface area contributed by atoms with Gasteiger partial charge < -0.3 is 19.3 Å². The molecule has 0 heterocycles. The number of hydrogen-bond donors (Lipinski definition) is 1. The highest BCUT2D eigenvalue weighted by atomic mass is 35.5.